The van der Waals surface area contributed by atoms with Crippen LogP contribution in [0, 0.1) is 0 Å². The molecule has 0 aliphatic carbocycles. The topological polar surface area (TPSA) is 90.7 Å². The third kappa shape index (κ3) is 5.69. The minimum absolute atomic E-state index is 0.0727. The fourth-order valence-electron chi connectivity index (χ4n) is 1.30. The minimum Gasteiger partial charge on any atom is -0.464 e. The second-order valence-corrected chi connectivity index (χ2v) is 3.79. The molecule has 0 fully saturated rings. The van der Waals surface area contributed by atoms with Crippen LogP contribution in [0.1, 0.15) is 6.92 Å². The van der Waals surface area contributed by atoms with Crippen molar-refractivity contribution in [3.63, 3.8) is 0 Å². The lowest BCUT2D eigenvalue weighted by molar-refractivity contribution is -0.274. The van der Waals surface area contributed by atoms with E-state index in [9.17, 15) is 22.8 Å². The van der Waals surface area contributed by atoms with Crippen molar-refractivity contribution in [2.75, 3.05) is 11.9 Å². The van der Waals surface area contributed by atoms with Gasteiger partial charge in [-0.3, -0.25) is 4.79 Å². The molecule has 3 N–H and O–H groups in total. The number of benzene rings is 1. The van der Waals surface area contributed by atoms with E-state index in [-0.39, 0.29) is 12.3 Å². The predicted molar refractivity (Wildman–Crippen MR) is 66.4 cm³/mol. The van der Waals surface area contributed by atoms with Crippen LogP contribution >= 0.6 is 0 Å². The van der Waals surface area contributed by atoms with E-state index in [1.54, 1.807) is 6.92 Å². The number of esters is 1. The van der Waals surface area contributed by atoms with Crippen LogP contribution in [0.3, 0.4) is 0 Å². The number of nitrogens with two attached hydrogens (primary N) is 1. The number of halogens is 3. The van der Waals surface area contributed by atoms with Crippen molar-refractivity contribution in [3.8, 4) is 5.75 Å². The molecule has 6 nitrogen and oxygen atoms in total. The number of ether oxygens (including phenoxy) is 2. The SMILES string of the molecule is CCOC(=O)C(N)C(=O)Nc1ccc(OC(F)(F)F)cc1. The van der Waals surface area contributed by atoms with Gasteiger partial charge in [0.05, 0.1) is 6.61 Å². The highest BCUT2D eigenvalue weighted by Crippen LogP contribution is 2.23. The van der Waals surface area contributed by atoms with Gasteiger partial charge in [-0.2, -0.15) is 0 Å². The fourth-order valence-corrected chi connectivity index (χ4v) is 1.30. The molecule has 1 unspecified atom stereocenters. The van der Waals surface area contributed by atoms with Gasteiger partial charge >= 0.3 is 12.3 Å². The molecule has 0 bridgehead atoms. The van der Waals surface area contributed by atoms with E-state index in [4.69, 9.17) is 5.73 Å². The second-order valence-electron chi connectivity index (χ2n) is 3.79. The Labute approximate surface area is 118 Å². The van der Waals surface area contributed by atoms with Crippen LogP contribution in [0.5, 0.6) is 5.75 Å². The summed E-state index contributed by atoms with van der Waals surface area (Å²) in [6, 6.07) is 2.86. The summed E-state index contributed by atoms with van der Waals surface area (Å²) in [4.78, 5) is 22.8. The van der Waals surface area contributed by atoms with E-state index in [1.807, 2.05) is 0 Å². The number of alkyl halides is 3. The summed E-state index contributed by atoms with van der Waals surface area (Å²) >= 11 is 0. The molecule has 0 saturated carbocycles. The molecular weight excluding hydrogens is 293 g/mol. The second kappa shape index (κ2) is 6.93. The first-order valence-corrected chi connectivity index (χ1v) is 5.82. The van der Waals surface area contributed by atoms with Crippen LogP contribution < -0.4 is 15.8 Å². The zero-order chi connectivity index (χ0) is 16.0. The van der Waals surface area contributed by atoms with Crippen molar-refractivity contribution in [2.24, 2.45) is 5.73 Å². The van der Waals surface area contributed by atoms with Gasteiger partial charge in [0.2, 0.25) is 0 Å². The van der Waals surface area contributed by atoms with Crippen molar-refractivity contribution < 1.29 is 32.2 Å². The highest BCUT2D eigenvalue weighted by molar-refractivity contribution is 6.08. The molecule has 0 saturated heterocycles. The third-order valence-electron chi connectivity index (χ3n) is 2.18. The number of rotatable bonds is 5. The molecule has 1 atom stereocenters. The van der Waals surface area contributed by atoms with Gasteiger partial charge in [0.15, 0.2) is 6.04 Å². The highest BCUT2D eigenvalue weighted by atomic mass is 19.4. The molecule has 1 rings (SSSR count). The summed E-state index contributed by atoms with van der Waals surface area (Å²) in [7, 11) is 0. The Morgan fingerprint density at radius 3 is 2.33 bits per heavy atom. The molecule has 1 aromatic carbocycles. The first-order valence-electron chi connectivity index (χ1n) is 5.82. The first-order chi connectivity index (χ1) is 9.73. The zero-order valence-electron chi connectivity index (χ0n) is 10.9. The molecule has 0 radical (unpaired) electrons. The van der Waals surface area contributed by atoms with E-state index in [0.717, 1.165) is 12.1 Å². The maximum atomic E-state index is 12.0. The summed E-state index contributed by atoms with van der Waals surface area (Å²) in [5.74, 6) is -2.17. The Morgan fingerprint density at radius 1 is 1.29 bits per heavy atom. The quantitative estimate of drug-likeness (QED) is 0.634. The molecule has 21 heavy (non-hydrogen) atoms. The molecule has 1 amide bonds. The zero-order valence-corrected chi connectivity index (χ0v) is 10.9. The summed E-state index contributed by atoms with van der Waals surface area (Å²) in [5, 5.41) is 2.27. The lowest BCUT2D eigenvalue weighted by atomic mass is 10.2. The highest BCUT2D eigenvalue weighted by Gasteiger charge is 2.31. The van der Waals surface area contributed by atoms with E-state index in [2.05, 4.69) is 14.8 Å². The average molecular weight is 306 g/mol. The van der Waals surface area contributed by atoms with E-state index in [1.165, 1.54) is 12.1 Å². The van der Waals surface area contributed by atoms with Gasteiger partial charge in [0.25, 0.3) is 5.91 Å². The number of hydrogen-bond donors (Lipinski definition) is 2. The van der Waals surface area contributed by atoms with Gasteiger partial charge in [0, 0.05) is 5.69 Å². The normalized spacial score (nSPS) is 12.4. The fraction of sp³-hybridized carbons (Fsp3) is 0.333. The first kappa shape index (κ1) is 16.8. The van der Waals surface area contributed by atoms with Gasteiger partial charge in [0.1, 0.15) is 5.75 Å². The smallest absolute Gasteiger partial charge is 0.464 e. The number of amides is 1. The Hall–Kier alpha value is -2.29. The van der Waals surface area contributed by atoms with Crippen molar-refractivity contribution in [2.45, 2.75) is 19.3 Å². The van der Waals surface area contributed by atoms with Gasteiger partial charge in [-0.15, -0.1) is 13.2 Å². The van der Waals surface area contributed by atoms with Crippen molar-refractivity contribution in [1.82, 2.24) is 0 Å². The molecular formula is C12H13F3N2O4. The van der Waals surface area contributed by atoms with Crippen LogP contribution in [-0.4, -0.2) is 30.9 Å². The Kier molecular flexibility index (Phi) is 5.53. The number of hydrogen-bond acceptors (Lipinski definition) is 5. The van der Waals surface area contributed by atoms with Gasteiger partial charge in [-0.05, 0) is 31.2 Å². The van der Waals surface area contributed by atoms with Crippen LogP contribution in [0.25, 0.3) is 0 Å². The number of nitrogens with one attached hydrogen (secondary N) is 1. The van der Waals surface area contributed by atoms with Crippen molar-refractivity contribution >= 4 is 17.6 Å². The standard InChI is InChI=1S/C12H13F3N2O4/c1-2-20-11(19)9(16)10(18)17-7-3-5-8(6-4-7)21-12(13,14)15/h3-6,9H,2,16H2,1H3,(H,17,18). The molecule has 9 heteroatoms. The third-order valence-corrected chi connectivity index (χ3v) is 2.18. The molecule has 0 heterocycles. The molecule has 116 valence electrons. The van der Waals surface area contributed by atoms with Crippen LogP contribution in [0.15, 0.2) is 24.3 Å². The lowest BCUT2D eigenvalue weighted by Gasteiger charge is -2.12. The molecule has 0 aliphatic rings. The molecule has 0 aromatic heterocycles. The minimum atomic E-state index is -4.79. The van der Waals surface area contributed by atoms with Crippen molar-refractivity contribution in [3.05, 3.63) is 24.3 Å². The summed E-state index contributed by atoms with van der Waals surface area (Å²) in [6.07, 6.45) is -4.79. The number of anilines is 1. The molecule has 0 aliphatic heterocycles. The van der Waals surface area contributed by atoms with E-state index in [0.29, 0.717) is 0 Å². The summed E-state index contributed by atoms with van der Waals surface area (Å²) in [5.41, 5.74) is 5.51. The predicted octanol–water partition coefficient (Wildman–Crippen LogP) is 1.41. The van der Waals surface area contributed by atoms with Gasteiger partial charge in [-0.1, -0.05) is 0 Å². The Morgan fingerprint density at radius 2 is 1.86 bits per heavy atom. The van der Waals surface area contributed by atoms with Crippen LogP contribution in [-0.2, 0) is 14.3 Å². The maximum absolute atomic E-state index is 12.0. The van der Waals surface area contributed by atoms with Crippen LogP contribution in [0.2, 0.25) is 0 Å². The monoisotopic (exact) mass is 306 g/mol. The number of carbonyl (C=O) groups is 2. The summed E-state index contributed by atoms with van der Waals surface area (Å²) < 4.78 is 44.1. The number of carbonyl (C=O) groups excluding carboxylic acids is 2. The largest absolute Gasteiger partial charge is 0.573 e. The van der Waals surface area contributed by atoms with Crippen molar-refractivity contribution in [1.29, 1.82) is 0 Å². The maximum Gasteiger partial charge on any atom is 0.573 e. The van der Waals surface area contributed by atoms with Gasteiger partial charge in [-0.25, -0.2) is 4.79 Å². The Balaban J connectivity index is 2.63. The molecule has 0 spiro atoms. The summed E-state index contributed by atoms with van der Waals surface area (Å²) in [6.45, 7) is 1.63. The lowest BCUT2D eigenvalue weighted by Crippen LogP contribution is -2.43. The average Bonchev–Trinajstić information content (AvgIpc) is 2.38. The van der Waals surface area contributed by atoms with E-state index < -0.39 is 30.0 Å². The van der Waals surface area contributed by atoms with E-state index >= 15 is 0 Å². The Bertz CT molecular complexity index is 502. The molecule has 1 aromatic rings. The van der Waals surface area contributed by atoms with Crippen LogP contribution in [0.4, 0.5) is 18.9 Å². The van der Waals surface area contributed by atoms with Gasteiger partial charge < -0.3 is 20.5 Å².